The number of benzene rings is 1. The van der Waals surface area contributed by atoms with Crippen molar-refractivity contribution in [2.75, 3.05) is 11.9 Å². The minimum Gasteiger partial charge on any atom is -0.330 e. The van der Waals surface area contributed by atoms with E-state index in [0.717, 1.165) is 25.7 Å². The molecule has 3 rings (SSSR count). The Balaban J connectivity index is 1.70. The fraction of sp³-hybridized carbons (Fsp3) is 0.444. The Morgan fingerprint density at radius 1 is 1.17 bits per heavy atom. The monoisotopic (exact) mass is 366 g/mol. The normalized spacial score (nSPS) is 23.3. The predicted molar refractivity (Wildman–Crippen MR) is 96.3 cm³/mol. The van der Waals surface area contributed by atoms with Crippen LogP contribution in [0.1, 0.15) is 32.1 Å². The van der Waals surface area contributed by atoms with E-state index in [0.29, 0.717) is 28.7 Å². The molecule has 1 saturated heterocycles. The molecule has 1 N–H and O–H groups in total. The van der Waals surface area contributed by atoms with Gasteiger partial charge in [0.05, 0.1) is 10.7 Å². The lowest BCUT2D eigenvalue weighted by Gasteiger charge is -2.28. The van der Waals surface area contributed by atoms with Crippen LogP contribution >= 0.6 is 23.2 Å². The van der Waals surface area contributed by atoms with Crippen LogP contribution in [0.3, 0.4) is 0 Å². The molecule has 0 aromatic heterocycles. The van der Waals surface area contributed by atoms with E-state index < -0.39 is 6.04 Å². The lowest BCUT2D eigenvalue weighted by molar-refractivity contribution is -0.140. The topological polar surface area (TPSA) is 49.4 Å². The van der Waals surface area contributed by atoms with Gasteiger partial charge in [0, 0.05) is 17.5 Å². The van der Waals surface area contributed by atoms with Crippen molar-refractivity contribution in [2.45, 2.75) is 38.1 Å². The summed E-state index contributed by atoms with van der Waals surface area (Å²) in [5, 5.41) is 3.75. The summed E-state index contributed by atoms with van der Waals surface area (Å²) in [6.07, 6.45) is 8.25. The van der Waals surface area contributed by atoms with Crippen LogP contribution in [0, 0.1) is 5.92 Å². The number of likely N-dealkylation sites (tertiary alicyclic amines) is 1. The predicted octanol–water partition coefficient (Wildman–Crippen LogP) is 4.28. The van der Waals surface area contributed by atoms with Crippen molar-refractivity contribution in [1.82, 2.24) is 4.90 Å². The average Bonchev–Trinajstić information content (AvgIpc) is 3.08. The first-order valence-corrected chi connectivity index (χ1v) is 9.03. The molecule has 0 unspecified atom stereocenters. The van der Waals surface area contributed by atoms with Gasteiger partial charge < -0.3 is 10.2 Å². The van der Waals surface area contributed by atoms with Gasteiger partial charge in [0.1, 0.15) is 6.04 Å². The molecule has 24 heavy (non-hydrogen) atoms. The first kappa shape index (κ1) is 17.3. The maximum Gasteiger partial charge on any atom is 0.247 e. The van der Waals surface area contributed by atoms with E-state index in [1.54, 1.807) is 23.1 Å². The molecular formula is C18H20Cl2N2O2. The molecule has 1 aromatic rings. The summed E-state index contributed by atoms with van der Waals surface area (Å²) in [4.78, 5) is 27.1. The van der Waals surface area contributed by atoms with Crippen LogP contribution in [0.2, 0.25) is 10.0 Å². The maximum absolute atomic E-state index is 12.8. The van der Waals surface area contributed by atoms with Gasteiger partial charge >= 0.3 is 0 Å². The third kappa shape index (κ3) is 3.76. The van der Waals surface area contributed by atoms with Gasteiger partial charge in [0.2, 0.25) is 11.8 Å². The van der Waals surface area contributed by atoms with Gasteiger partial charge in [0.25, 0.3) is 0 Å². The highest BCUT2D eigenvalue weighted by Gasteiger charge is 2.37. The van der Waals surface area contributed by atoms with Crippen molar-refractivity contribution in [3.63, 3.8) is 0 Å². The molecule has 128 valence electrons. The number of halogens is 2. The zero-order valence-corrected chi connectivity index (χ0v) is 14.8. The second-order valence-corrected chi connectivity index (χ2v) is 7.13. The van der Waals surface area contributed by atoms with Crippen LogP contribution in [-0.2, 0) is 9.59 Å². The summed E-state index contributed by atoms with van der Waals surface area (Å²) in [5.41, 5.74) is 0.481. The van der Waals surface area contributed by atoms with Gasteiger partial charge in [-0.25, -0.2) is 0 Å². The average molecular weight is 367 g/mol. The molecule has 2 amide bonds. The van der Waals surface area contributed by atoms with Crippen molar-refractivity contribution in [2.24, 2.45) is 5.92 Å². The summed E-state index contributed by atoms with van der Waals surface area (Å²) in [6, 6.07) is 4.50. The number of carbonyl (C=O) groups excluding carboxylic acids is 2. The number of nitrogens with zero attached hydrogens (tertiary/aromatic N) is 1. The van der Waals surface area contributed by atoms with Gasteiger partial charge in [-0.3, -0.25) is 9.59 Å². The maximum atomic E-state index is 12.8. The Hall–Kier alpha value is -1.52. The summed E-state index contributed by atoms with van der Waals surface area (Å²) < 4.78 is 0. The summed E-state index contributed by atoms with van der Waals surface area (Å²) in [7, 11) is 0. The van der Waals surface area contributed by atoms with E-state index in [2.05, 4.69) is 17.5 Å². The number of nitrogens with one attached hydrogen (secondary N) is 1. The van der Waals surface area contributed by atoms with E-state index >= 15 is 0 Å². The van der Waals surface area contributed by atoms with Gasteiger partial charge in [-0.2, -0.15) is 0 Å². The molecule has 2 atom stereocenters. The molecule has 1 aromatic carbocycles. The minimum atomic E-state index is -0.432. The van der Waals surface area contributed by atoms with Gasteiger partial charge in [-0.15, -0.1) is 0 Å². The molecule has 6 heteroatoms. The fourth-order valence-electron chi connectivity index (χ4n) is 3.36. The van der Waals surface area contributed by atoms with Crippen LogP contribution < -0.4 is 5.32 Å². The number of amides is 2. The van der Waals surface area contributed by atoms with Crippen molar-refractivity contribution in [3.05, 3.63) is 40.4 Å². The Bertz CT molecular complexity index is 675. The highest BCUT2D eigenvalue weighted by Crippen LogP contribution is 2.29. The van der Waals surface area contributed by atoms with Crippen LogP contribution in [-0.4, -0.2) is 29.3 Å². The van der Waals surface area contributed by atoms with E-state index in [4.69, 9.17) is 23.2 Å². The van der Waals surface area contributed by atoms with Gasteiger partial charge in [-0.1, -0.05) is 35.4 Å². The Kier molecular flexibility index (Phi) is 5.47. The number of rotatable bonds is 3. The molecule has 0 radical (unpaired) electrons. The quantitative estimate of drug-likeness (QED) is 0.811. The molecular weight excluding hydrogens is 347 g/mol. The van der Waals surface area contributed by atoms with Crippen molar-refractivity contribution in [3.8, 4) is 0 Å². The number of allylic oxidation sites excluding steroid dienone is 2. The molecule has 0 spiro atoms. The van der Waals surface area contributed by atoms with E-state index in [1.807, 2.05) is 0 Å². The summed E-state index contributed by atoms with van der Waals surface area (Å²) >= 11 is 12.1. The number of hydrogen-bond acceptors (Lipinski definition) is 2. The molecule has 0 bridgehead atoms. The smallest absolute Gasteiger partial charge is 0.247 e. The van der Waals surface area contributed by atoms with E-state index in [-0.39, 0.29) is 17.7 Å². The highest BCUT2D eigenvalue weighted by molar-refractivity contribution is 6.35. The summed E-state index contributed by atoms with van der Waals surface area (Å²) in [6.45, 7) is 0.639. The largest absolute Gasteiger partial charge is 0.330 e. The molecule has 1 fully saturated rings. The molecule has 1 heterocycles. The van der Waals surface area contributed by atoms with Crippen molar-refractivity contribution >= 4 is 40.7 Å². The zero-order chi connectivity index (χ0) is 17.1. The third-order valence-corrected chi connectivity index (χ3v) is 5.21. The van der Waals surface area contributed by atoms with Gasteiger partial charge in [0.15, 0.2) is 0 Å². The second-order valence-electron chi connectivity index (χ2n) is 6.28. The van der Waals surface area contributed by atoms with Gasteiger partial charge in [-0.05, 0) is 50.3 Å². The fourth-order valence-corrected chi connectivity index (χ4v) is 3.70. The number of hydrogen-bond donors (Lipinski definition) is 1. The first-order chi connectivity index (χ1) is 11.6. The third-order valence-electron chi connectivity index (χ3n) is 4.64. The highest BCUT2D eigenvalue weighted by atomic mass is 35.5. The standard InChI is InChI=1S/C18H20Cl2N2O2/c19-13-8-9-14(20)15(11-13)21-17(23)16-7-4-10-22(16)18(24)12-5-2-1-3-6-12/h1-2,8-9,11-12,16H,3-7,10H2,(H,21,23)/t12-,16+/m1/s1. The van der Waals surface area contributed by atoms with Crippen LogP contribution in [0.4, 0.5) is 5.69 Å². The van der Waals surface area contributed by atoms with E-state index in [1.165, 1.54) is 0 Å². The van der Waals surface area contributed by atoms with E-state index in [9.17, 15) is 9.59 Å². The Morgan fingerprint density at radius 2 is 2.00 bits per heavy atom. The molecule has 1 aliphatic heterocycles. The molecule has 2 aliphatic rings. The van der Waals surface area contributed by atoms with Crippen molar-refractivity contribution in [1.29, 1.82) is 0 Å². The second kappa shape index (κ2) is 7.58. The minimum absolute atomic E-state index is 0.00171. The Morgan fingerprint density at radius 3 is 2.75 bits per heavy atom. The SMILES string of the molecule is O=C(Nc1cc(Cl)ccc1Cl)[C@@H]1CCCN1C(=O)[C@@H]1CC=CCC1. The number of anilines is 1. The lowest BCUT2D eigenvalue weighted by Crippen LogP contribution is -2.45. The van der Waals surface area contributed by atoms with Crippen LogP contribution in [0.15, 0.2) is 30.4 Å². The Labute approximate surface area is 151 Å². The molecule has 1 aliphatic carbocycles. The zero-order valence-electron chi connectivity index (χ0n) is 13.3. The number of carbonyl (C=O) groups is 2. The first-order valence-electron chi connectivity index (χ1n) is 8.27. The molecule has 0 saturated carbocycles. The summed E-state index contributed by atoms with van der Waals surface area (Å²) in [5.74, 6) is -0.108. The van der Waals surface area contributed by atoms with Crippen LogP contribution in [0.5, 0.6) is 0 Å². The molecule has 4 nitrogen and oxygen atoms in total. The van der Waals surface area contributed by atoms with Crippen molar-refractivity contribution < 1.29 is 9.59 Å². The lowest BCUT2D eigenvalue weighted by atomic mass is 9.93. The van der Waals surface area contributed by atoms with Crippen LogP contribution in [0.25, 0.3) is 0 Å².